The zero-order chi connectivity index (χ0) is 13.5. The molecule has 2 unspecified atom stereocenters. The smallest absolute Gasteiger partial charge is 0.239 e. The number of amides is 1. The Hall–Kier alpha value is -0.650. The van der Waals surface area contributed by atoms with Crippen LogP contribution in [0.15, 0.2) is 0 Å². The maximum atomic E-state index is 12.1. The van der Waals surface area contributed by atoms with Gasteiger partial charge < -0.3 is 10.5 Å². The zero-order valence-electron chi connectivity index (χ0n) is 11.7. The predicted octanol–water partition coefficient (Wildman–Crippen LogP) is 0.0932. The Labute approximate surface area is 114 Å². The summed E-state index contributed by atoms with van der Waals surface area (Å²) in [6.45, 7) is 2.33. The molecule has 19 heavy (non-hydrogen) atoms. The lowest BCUT2D eigenvalue weighted by molar-refractivity contribution is -0.126. The third-order valence-corrected chi connectivity index (χ3v) is 4.78. The molecule has 3 aliphatic rings. The number of primary amides is 1. The van der Waals surface area contributed by atoms with E-state index >= 15 is 0 Å². The van der Waals surface area contributed by atoms with Gasteiger partial charge in [-0.25, -0.2) is 0 Å². The van der Waals surface area contributed by atoms with Gasteiger partial charge in [-0.1, -0.05) is 0 Å². The van der Waals surface area contributed by atoms with Gasteiger partial charge in [-0.05, 0) is 45.1 Å². The number of nitrogens with one attached hydrogen (secondary N) is 1. The van der Waals surface area contributed by atoms with Crippen molar-refractivity contribution < 1.29 is 9.53 Å². The molecule has 3 rings (SSSR count). The maximum Gasteiger partial charge on any atom is 0.239 e. The summed E-state index contributed by atoms with van der Waals surface area (Å²) in [5, 5.41) is 3.56. The second kappa shape index (κ2) is 5.04. The molecule has 1 amide bonds. The summed E-state index contributed by atoms with van der Waals surface area (Å²) in [4.78, 5) is 14.4. The van der Waals surface area contributed by atoms with Gasteiger partial charge in [0.2, 0.25) is 5.91 Å². The molecule has 3 fully saturated rings. The van der Waals surface area contributed by atoms with Crippen LogP contribution in [-0.4, -0.2) is 55.2 Å². The van der Waals surface area contributed by atoms with E-state index < -0.39 is 5.54 Å². The molecule has 5 nitrogen and oxygen atoms in total. The quantitative estimate of drug-likeness (QED) is 0.686. The monoisotopic (exact) mass is 267 g/mol. The van der Waals surface area contributed by atoms with Crippen molar-refractivity contribution in [2.24, 2.45) is 11.7 Å². The highest BCUT2D eigenvalue weighted by molar-refractivity contribution is 5.86. The van der Waals surface area contributed by atoms with E-state index in [1.807, 2.05) is 0 Å². The average Bonchev–Trinajstić information content (AvgIpc) is 3.28. The number of hydrogen-bond acceptors (Lipinski definition) is 4. The molecule has 0 aromatic carbocycles. The molecule has 0 aromatic heterocycles. The van der Waals surface area contributed by atoms with Crippen LogP contribution in [-0.2, 0) is 9.53 Å². The number of hydrogen-bond donors (Lipinski definition) is 2. The van der Waals surface area contributed by atoms with Crippen molar-refractivity contribution >= 4 is 5.91 Å². The Bertz CT molecular complexity index is 349. The van der Waals surface area contributed by atoms with Crippen LogP contribution in [0.25, 0.3) is 0 Å². The van der Waals surface area contributed by atoms with Crippen molar-refractivity contribution in [2.45, 2.75) is 49.7 Å². The van der Waals surface area contributed by atoms with E-state index in [0.717, 1.165) is 39.0 Å². The van der Waals surface area contributed by atoms with Crippen LogP contribution in [0.5, 0.6) is 0 Å². The number of carbonyl (C=O) groups excluding carboxylic acids is 1. The van der Waals surface area contributed by atoms with Crippen molar-refractivity contribution in [1.82, 2.24) is 10.2 Å². The van der Waals surface area contributed by atoms with Crippen LogP contribution < -0.4 is 11.1 Å². The molecule has 2 saturated carbocycles. The standard InChI is InChI=1S/C14H25N3O2/c1-17(12-6-7-19-8-12)9-14(13(15)18,10-2-3-10)16-11-4-5-11/h10-12,16H,2-9H2,1H3,(H2,15,18). The van der Waals surface area contributed by atoms with Crippen molar-refractivity contribution in [3.63, 3.8) is 0 Å². The molecule has 0 radical (unpaired) electrons. The van der Waals surface area contributed by atoms with E-state index in [4.69, 9.17) is 10.5 Å². The molecule has 0 aromatic rings. The van der Waals surface area contributed by atoms with Crippen LogP contribution in [0, 0.1) is 5.92 Å². The lowest BCUT2D eigenvalue weighted by Crippen LogP contribution is -2.64. The van der Waals surface area contributed by atoms with Gasteiger partial charge in [0.1, 0.15) is 5.54 Å². The van der Waals surface area contributed by atoms with Crippen LogP contribution in [0.2, 0.25) is 0 Å². The summed E-state index contributed by atoms with van der Waals surface area (Å²) in [6.07, 6.45) is 5.66. The third-order valence-electron chi connectivity index (χ3n) is 4.78. The van der Waals surface area contributed by atoms with E-state index in [-0.39, 0.29) is 5.91 Å². The molecule has 0 bridgehead atoms. The number of nitrogens with two attached hydrogens (primary N) is 1. The molecule has 1 heterocycles. The summed E-state index contributed by atoms with van der Waals surface area (Å²) in [6, 6.07) is 0.930. The summed E-state index contributed by atoms with van der Waals surface area (Å²) in [5.74, 6) is 0.253. The molecular weight excluding hydrogens is 242 g/mol. The third kappa shape index (κ3) is 2.78. The first kappa shape index (κ1) is 13.3. The second-order valence-corrected chi connectivity index (χ2v) is 6.46. The first-order chi connectivity index (χ1) is 9.12. The fourth-order valence-corrected chi connectivity index (χ4v) is 3.20. The zero-order valence-corrected chi connectivity index (χ0v) is 11.7. The van der Waals surface area contributed by atoms with E-state index in [1.54, 1.807) is 0 Å². The molecule has 2 atom stereocenters. The van der Waals surface area contributed by atoms with Crippen molar-refractivity contribution in [3.8, 4) is 0 Å². The van der Waals surface area contributed by atoms with Crippen LogP contribution >= 0.6 is 0 Å². The molecule has 0 spiro atoms. The highest BCUT2D eigenvalue weighted by Gasteiger charge is 2.52. The Morgan fingerprint density at radius 3 is 2.58 bits per heavy atom. The maximum absolute atomic E-state index is 12.1. The van der Waals surface area contributed by atoms with Gasteiger partial charge in [0.25, 0.3) is 0 Å². The van der Waals surface area contributed by atoms with Crippen molar-refractivity contribution in [2.75, 3.05) is 26.8 Å². The SMILES string of the molecule is CN(CC(NC1CC1)(C(N)=O)C1CC1)C1CCOC1. The van der Waals surface area contributed by atoms with E-state index in [1.165, 1.54) is 12.8 Å². The highest BCUT2D eigenvalue weighted by atomic mass is 16.5. The van der Waals surface area contributed by atoms with Crippen LogP contribution in [0.3, 0.4) is 0 Å². The number of nitrogens with zero attached hydrogens (tertiary/aromatic N) is 1. The fourth-order valence-electron chi connectivity index (χ4n) is 3.20. The Kier molecular flexibility index (Phi) is 3.53. The van der Waals surface area contributed by atoms with Gasteiger partial charge in [0.15, 0.2) is 0 Å². The van der Waals surface area contributed by atoms with Gasteiger partial charge in [-0.15, -0.1) is 0 Å². The summed E-state index contributed by atoms with van der Waals surface area (Å²) in [7, 11) is 2.09. The van der Waals surface area contributed by atoms with Gasteiger partial charge in [-0.3, -0.25) is 15.0 Å². The Morgan fingerprint density at radius 1 is 1.37 bits per heavy atom. The Balaban J connectivity index is 1.71. The molecule has 2 aliphatic carbocycles. The number of ether oxygens (including phenoxy) is 1. The fraction of sp³-hybridized carbons (Fsp3) is 0.929. The van der Waals surface area contributed by atoms with E-state index in [9.17, 15) is 4.79 Å². The molecule has 3 N–H and O–H groups in total. The average molecular weight is 267 g/mol. The van der Waals surface area contributed by atoms with Crippen molar-refractivity contribution in [1.29, 1.82) is 0 Å². The number of carbonyl (C=O) groups is 1. The molecular formula is C14H25N3O2. The minimum Gasteiger partial charge on any atom is -0.380 e. The Morgan fingerprint density at radius 2 is 2.11 bits per heavy atom. The molecule has 1 saturated heterocycles. The van der Waals surface area contributed by atoms with Gasteiger partial charge in [-0.2, -0.15) is 0 Å². The molecule has 5 heteroatoms. The van der Waals surface area contributed by atoms with Crippen LogP contribution in [0.1, 0.15) is 32.1 Å². The molecule has 108 valence electrons. The number of rotatable bonds is 7. The lowest BCUT2D eigenvalue weighted by atomic mass is 9.90. The predicted molar refractivity (Wildman–Crippen MR) is 72.7 cm³/mol. The first-order valence-corrected chi connectivity index (χ1v) is 7.47. The normalized spacial score (nSPS) is 30.5. The van der Waals surface area contributed by atoms with Crippen molar-refractivity contribution in [3.05, 3.63) is 0 Å². The number of likely N-dealkylation sites (N-methyl/N-ethyl adjacent to an activating group) is 1. The van der Waals surface area contributed by atoms with E-state index in [2.05, 4.69) is 17.3 Å². The van der Waals surface area contributed by atoms with Crippen LogP contribution in [0.4, 0.5) is 0 Å². The van der Waals surface area contributed by atoms with Gasteiger partial charge in [0.05, 0.1) is 6.61 Å². The first-order valence-electron chi connectivity index (χ1n) is 7.47. The second-order valence-electron chi connectivity index (χ2n) is 6.46. The van der Waals surface area contributed by atoms with Gasteiger partial charge >= 0.3 is 0 Å². The largest absolute Gasteiger partial charge is 0.380 e. The molecule has 1 aliphatic heterocycles. The summed E-state index contributed by atoms with van der Waals surface area (Å²) < 4.78 is 5.44. The summed E-state index contributed by atoms with van der Waals surface area (Å²) >= 11 is 0. The minimum absolute atomic E-state index is 0.173. The summed E-state index contributed by atoms with van der Waals surface area (Å²) in [5.41, 5.74) is 5.26. The van der Waals surface area contributed by atoms with E-state index in [0.29, 0.717) is 18.0 Å². The minimum atomic E-state index is -0.515. The highest BCUT2D eigenvalue weighted by Crippen LogP contribution is 2.42. The topological polar surface area (TPSA) is 67.6 Å². The lowest BCUT2D eigenvalue weighted by Gasteiger charge is -2.38. The van der Waals surface area contributed by atoms with Gasteiger partial charge in [0, 0.05) is 25.2 Å².